The van der Waals surface area contributed by atoms with Crippen LogP contribution in [0.2, 0.25) is 0 Å². The third-order valence-corrected chi connectivity index (χ3v) is 5.95. The second-order valence-electron chi connectivity index (χ2n) is 8.59. The van der Waals surface area contributed by atoms with E-state index in [4.69, 9.17) is 4.74 Å². The average Bonchev–Trinajstić information content (AvgIpc) is 2.59. The minimum atomic E-state index is -0.239. The topological polar surface area (TPSA) is 26.3 Å². The van der Waals surface area contributed by atoms with Crippen LogP contribution in [0.15, 0.2) is 30.3 Å². The summed E-state index contributed by atoms with van der Waals surface area (Å²) in [6.07, 6.45) is 10.2. The van der Waals surface area contributed by atoms with Crippen LogP contribution in [0.25, 0.3) is 6.08 Å². The summed E-state index contributed by atoms with van der Waals surface area (Å²) in [5.74, 6) is 1.09. The summed E-state index contributed by atoms with van der Waals surface area (Å²) < 4.78 is 5.50. The van der Waals surface area contributed by atoms with Crippen LogP contribution in [0, 0.1) is 11.3 Å². The van der Waals surface area contributed by atoms with Gasteiger partial charge in [-0.2, -0.15) is 0 Å². The van der Waals surface area contributed by atoms with Crippen molar-refractivity contribution in [2.75, 3.05) is 0 Å². The zero-order chi connectivity index (χ0) is 19.2. The number of hydrogen-bond donors (Lipinski definition) is 0. The number of benzene rings is 1. The first-order valence-corrected chi connectivity index (χ1v) is 10.4. The van der Waals surface area contributed by atoms with E-state index < -0.39 is 0 Å². The van der Waals surface area contributed by atoms with E-state index in [1.807, 2.05) is 6.08 Å². The van der Waals surface area contributed by atoms with Crippen LogP contribution >= 0.6 is 0 Å². The van der Waals surface area contributed by atoms with Crippen molar-refractivity contribution < 1.29 is 9.53 Å². The molecule has 1 fully saturated rings. The smallest absolute Gasteiger partial charge is 0.331 e. The van der Waals surface area contributed by atoms with Gasteiger partial charge < -0.3 is 4.74 Å². The number of rotatable bonds is 7. The van der Waals surface area contributed by atoms with E-state index in [-0.39, 0.29) is 12.1 Å². The number of esters is 1. The van der Waals surface area contributed by atoms with E-state index in [2.05, 4.69) is 58.9 Å². The van der Waals surface area contributed by atoms with Crippen LogP contribution in [0.4, 0.5) is 0 Å². The summed E-state index contributed by atoms with van der Waals surface area (Å²) in [6.45, 7) is 11.4. The Balaban J connectivity index is 2.01. The normalized spacial score (nSPS) is 23.7. The van der Waals surface area contributed by atoms with Gasteiger partial charge in [0.1, 0.15) is 6.10 Å². The van der Waals surface area contributed by atoms with Crippen LogP contribution in [0.5, 0.6) is 0 Å². The molecule has 1 saturated carbocycles. The van der Waals surface area contributed by atoms with Crippen LogP contribution in [0.3, 0.4) is 0 Å². The fourth-order valence-electron chi connectivity index (χ4n) is 4.60. The zero-order valence-corrected chi connectivity index (χ0v) is 17.3. The van der Waals surface area contributed by atoms with E-state index in [0.717, 1.165) is 30.7 Å². The zero-order valence-electron chi connectivity index (χ0n) is 17.3. The van der Waals surface area contributed by atoms with Gasteiger partial charge >= 0.3 is 5.97 Å². The largest absolute Gasteiger partial charge is 0.459 e. The Morgan fingerprint density at radius 1 is 1.27 bits per heavy atom. The average molecular weight is 357 g/mol. The molecule has 3 atom stereocenters. The van der Waals surface area contributed by atoms with E-state index in [1.165, 1.54) is 24.8 Å². The minimum absolute atomic E-state index is 0.0366. The molecule has 0 bridgehead atoms. The summed E-state index contributed by atoms with van der Waals surface area (Å²) in [6, 6.07) is 8.73. The molecule has 1 aromatic rings. The first kappa shape index (κ1) is 20.7. The third-order valence-electron chi connectivity index (χ3n) is 5.95. The first-order chi connectivity index (χ1) is 12.4. The Bertz CT molecular complexity index is 597. The summed E-state index contributed by atoms with van der Waals surface area (Å²) in [4.78, 5) is 12.0. The summed E-state index contributed by atoms with van der Waals surface area (Å²) in [5.41, 5.74) is 2.83. The highest BCUT2D eigenvalue weighted by atomic mass is 16.5. The molecule has 2 heteroatoms. The fraction of sp³-hybridized carbons (Fsp3) is 0.625. The molecule has 1 unspecified atom stereocenters. The fourth-order valence-corrected chi connectivity index (χ4v) is 4.60. The highest BCUT2D eigenvalue weighted by Gasteiger charge is 2.37. The lowest BCUT2D eigenvalue weighted by Gasteiger charge is -2.43. The Morgan fingerprint density at radius 3 is 2.54 bits per heavy atom. The van der Waals surface area contributed by atoms with Gasteiger partial charge in [-0.05, 0) is 53.7 Å². The second kappa shape index (κ2) is 9.39. The van der Waals surface area contributed by atoms with Crippen molar-refractivity contribution in [1.82, 2.24) is 0 Å². The predicted molar refractivity (Wildman–Crippen MR) is 110 cm³/mol. The Hall–Kier alpha value is -1.57. The summed E-state index contributed by atoms with van der Waals surface area (Å²) in [7, 11) is 0. The van der Waals surface area contributed by atoms with Gasteiger partial charge in [-0.3, -0.25) is 0 Å². The third kappa shape index (κ3) is 5.46. The molecular formula is C24H36O2. The quantitative estimate of drug-likeness (QED) is 0.399. The molecule has 26 heavy (non-hydrogen) atoms. The molecule has 0 saturated heterocycles. The number of carbonyl (C=O) groups excluding carboxylic acids is 1. The molecule has 1 aromatic carbocycles. The lowest BCUT2D eigenvalue weighted by Crippen LogP contribution is -2.31. The van der Waals surface area contributed by atoms with Crippen molar-refractivity contribution in [1.29, 1.82) is 0 Å². The molecule has 2 nitrogen and oxygen atoms in total. The monoisotopic (exact) mass is 356 g/mol. The van der Waals surface area contributed by atoms with E-state index >= 15 is 0 Å². The lowest BCUT2D eigenvalue weighted by molar-refractivity contribution is -0.143. The van der Waals surface area contributed by atoms with Gasteiger partial charge in [0, 0.05) is 6.08 Å². The van der Waals surface area contributed by atoms with Crippen LogP contribution in [-0.4, -0.2) is 12.1 Å². The highest BCUT2D eigenvalue weighted by Crippen LogP contribution is 2.49. The molecule has 1 aliphatic carbocycles. The standard InChI is InChI=1S/C24H36O2/c1-6-9-21(7-2)26-22(25)16-13-19-11-14-20(15-12-19)23-18(3)10-8-17-24(23,4)5/h11-16,18,21,23H,6-10,17H2,1-5H3/t18-,21?,23-/m0/s1. The van der Waals surface area contributed by atoms with Crippen molar-refractivity contribution >= 4 is 12.0 Å². The van der Waals surface area contributed by atoms with Gasteiger partial charge in [0.2, 0.25) is 0 Å². The van der Waals surface area contributed by atoms with Crippen molar-refractivity contribution in [3.63, 3.8) is 0 Å². The van der Waals surface area contributed by atoms with Crippen molar-refractivity contribution in [2.45, 2.75) is 85.2 Å². The molecule has 0 heterocycles. The van der Waals surface area contributed by atoms with Gasteiger partial charge in [-0.1, -0.05) is 78.1 Å². The van der Waals surface area contributed by atoms with Crippen LogP contribution in [0.1, 0.15) is 90.2 Å². The van der Waals surface area contributed by atoms with Gasteiger partial charge in [0.25, 0.3) is 0 Å². The highest BCUT2D eigenvalue weighted by molar-refractivity contribution is 5.87. The van der Waals surface area contributed by atoms with E-state index in [9.17, 15) is 4.79 Å². The predicted octanol–water partition coefficient (Wildman–Crippen LogP) is 6.75. The molecule has 144 valence electrons. The van der Waals surface area contributed by atoms with Crippen LogP contribution < -0.4 is 0 Å². The summed E-state index contributed by atoms with van der Waals surface area (Å²) >= 11 is 0. The Labute approximate surface area is 160 Å². The molecule has 0 spiro atoms. The van der Waals surface area contributed by atoms with E-state index in [1.54, 1.807) is 6.08 Å². The molecule has 0 aliphatic heterocycles. The van der Waals surface area contributed by atoms with Crippen LogP contribution in [-0.2, 0) is 9.53 Å². The number of ether oxygens (including phenoxy) is 1. The summed E-state index contributed by atoms with van der Waals surface area (Å²) in [5, 5.41) is 0. The Morgan fingerprint density at radius 2 is 1.96 bits per heavy atom. The molecule has 0 aromatic heterocycles. The van der Waals surface area contributed by atoms with Gasteiger partial charge in [-0.25, -0.2) is 4.79 Å². The van der Waals surface area contributed by atoms with E-state index in [0.29, 0.717) is 11.3 Å². The van der Waals surface area contributed by atoms with Crippen molar-refractivity contribution in [2.24, 2.45) is 11.3 Å². The molecule has 0 amide bonds. The lowest BCUT2D eigenvalue weighted by atomic mass is 9.62. The maximum atomic E-state index is 12.0. The number of hydrogen-bond acceptors (Lipinski definition) is 2. The van der Waals surface area contributed by atoms with Gasteiger partial charge in [-0.15, -0.1) is 0 Å². The molecule has 2 rings (SSSR count). The van der Waals surface area contributed by atoms with Gasteiger partial charge in [0.05, 0.1) is 0 Å². The minimum Gasteiger partial charge on any atom is -0.459 e. The maximum absolute atomic E-state index is 12.0. The molecule has 1 aliphatic rings. The molecule has 0 radical (unpaired) electrons. The van der Waals surface area contributed by atoms with Gasteiger partial charge in [0.15, 0.2) is 0 Å². The van der Waals surface area contributed by atoms with Crippen molar-refractivity contribution in [3.05, 3.63) is 41.5 Å². The SMILES string of the molecule is CCCC(CC)OC(=O)C=Cc1ccc([C@@H]2[C@@H](C)CCCC2(C)C)cc1. The first-order valence-electron chi connectivity index (χ1n) is 10.4. The van der Waals surface area contributed by atoms with Crippen molar-refractivity contribution in [3.8, 4) is 0 Å². The second-order valence-corrected chi connectivity index (χ2v) is 8.59. The molecule has 0 N–H and O–H groups in total. The number of carbonyl (C=O) groups is 1. The maximum Gasteiger partial charge on any atom is 0.331 e. The molecular weight excluding hydrogens is 320 g/mol. The Kier molecular flexibility index (Phi) is 7.49.